The van der Waals surface area contributed by atoms with E-state index in [9.17, 15) is 18.0 Å². The smallest absolute Gasteiger partial charge is 0.337 e. The summed E-state index contributed by atoms with van der Waals surface area (Å²) in [6.45, 7) is 1.21. The van der Waals surface area contributed by atoms with Gasteiger partial charge < -0.3 is 18.9 Å². The number of hydrogen-bond acceptors (Lipinski definition) is 8. The SMILES string of the molecule is COC(=O)c1ccc(COC(=O)CCCCCNS(=O)(=O)c2ccc3c(c2)OCCO3)cc1. The first-order valence-electron chi connectivity index (χ1n) is 10.6. The van der Waals surface area contributed by atoms with Gasteiger partial charge in [-0.1, -0.05) is 18.6 Å². The van der Waals surface area contributed by atoms with Gasteiger partial charge in [0.15, 0.2) is 11.5 Å². The van der Waals surface area contributed by atoms with Crippen molar-refractivity contribution in [3.8, 4) is 11.5 Å². The molecule has 0 aliphatic carbocycles. The predicted molar refractivity (Wildman–Crippen MR) is 119 cm³/mol. The highest BCUT2D eigenvalue weighted by atomic mass is 32.2. The lowest BCUT2D eigenvalue weighted by Gasteiger charge is -2.18. The molecule has 1 N–H and O–H groups in total. The summed E-state index contributed by atoms with van der Waals surface area (Å²) in [5, 5.41) is 0. The Kier molecular flexibility index (Phi) is 8.67. The van der Waals surface area contributed by atoms with Gasteiger partial charge in [-0.2, -0.15) is 0 Å². The normalized spacial score (nSPS) is 12.8. The first-order valence-corrected chi connectivity index (χ1v) is 12.1. The monoisotopic (exact) mass is 477 g/mol. The van der Waals surface area contributed by atoms with Gasteiger partial charge in [-0.25, -0.2) is 17.9 Å². The van der Waals surface area contributed by atoms with Gasteiger partial charge in [0.1, 0.15) is 19.8 Å². The minimum atomic E-state index is -3.65. The van der Waals surface area contributed by atoms with Crippen molar-refractivity contribution < 1.29 is 37.0 Å². The quantitative estimate of drug-likeness (QED) is 0.388. The Labute approximate surface area is 193 Å². The second-order valence-electron chi connectivity index (χ2n) is 7.36. The summed E-state index contributed by atoms with van der Waals surface area (Å²) < 4.78 is 48.1. The van der Waals surface area contributed by atoms with Crippen LogP contribution in [0.2, 0.25) is 0 Å². The third kappa shape index (κ3) is 7.19. The maximum absolute atomic E-state index is 12.4. The summed E-state index contributed by atoms with van der Waals surface area (Å²) in [5.74, 6) is 0.198. The molecule has 1 aliphatic rings. The highest BCUT2D eigenvalue weighted by molar-refractivity contribution is 7.89. The number of sulfonamides is 1. The fourth-order valence-electron chi connectivity index (χ4n) is 3.14. The number of benzene rings is 2. The molecule has 2 aromatic carbocycles. The van der Waals surface area contributed by atoms with Gasteiger partial charge in [0, 0.05) is 19.0 Å². The van der Waals surface area contributed by atoms with E-state index < -0.39 is 16.0 Å². The Morgan fingerprint density at radius 1 is 0.970 bits per heavy atom. The van der Waals surface area contributed by atoms with Crippen molar-refractivity contribution in [1.82, 2.24) is 4.72 Å². The summed E-state index contributed by atoms with van der Waals surface area (Å²) in [4.78, 5) is 23.4. The second kappa shape index (κ2) is 11.7. The molecule has 33 heavy (non-hydrogen) atoms. The Morgan fingerprint density at radius 3 is 2.42 bits per heavy atom. The molecule has 0 aromatic heterocycles. The number of rotatable bonds is 11. The Hall–Kier alpha value is -3.11. The fourth-order valence-corrected chi connectivity index (χ4v) is 4.23. The Morgan fingerprint density at radius 2 is 1.70 bits per heavy atom. The van der Waals surface area contributed by atoms with Crippen LogP contribution in [0.25, 0.3) is 0 Å². The topological polar surface area (TPSA) is 117 Å². The average Bonchev–Trinajstić information content (AvgIpc) is 2.84. The van der Waals surface area contributed by atoms with E-state index >= 15 is 0 Å². The number of nitrogens with one attached hydrogen (secondary N) is 1. The van der Waals surface area contributed by atoms with Crippen LogP contribution in [-0.2, 0) is 30.9 Å². The van der Waals surface area contributed by atoms with Gasteiger partial charge in [-0.3, -0.25) is 4.79 Å². The van der Waals surface area contributed by atoms with Crippen molar-refractivity contribution in [3.63, 3.8) is 0 Å². The number of ether oxygens (including phenoxy) is 4. The predicted octanol–water partition coefficient (Wildman–Crippen LogP) is 2.83. The molecule has 9 nitrogen and oxygen atoms in total. The van der Waals surface area contributed by atoms with E-state index in [4.69, 9.17) is 14.2 Å². The lowest BCUT2D eigenvalue weighted by atomic mass is 10.1. The molecule has 0 bridgehead atoms. The van der Waals surface area contributed by atoms with Crippen molar-refractivity contribution in [2.24, 2.45) is 0 Å². The molecular weight excluding hydrogens is 450 g/mol. The van der Waals surface area contributed by atoms with Crippen LogP contribution in [0, 0.1) is 0 Å². The fraction of sp³-hybridized carbons (Fsp3) is 0.391. The molecule has 3 rings (SSSR count). The van der Waals surface area contributed by atoms with E-state index in [0.29, 0.717) is 49.5 Å². The average molecular weight is 478 g/mol. The highest BCUT2D eigenvalue weighted by Gasteiger charge is 2.19. The molecular formula is C23H27NO8S. The van der Waals surface area contributed by atoms with Crippen LogP contribution in [-0.4, -0.2) is 47.2 Å². The van der Waals surface area contributed by atoms with Crippen LogP contribution in [0.15, 0.2) is 47.4 Å². The summed E-state index contributed by atoms with van der Waals surface area (Å²) in [6.07, 6.45) is 2.10. The largest absolute Gasteiger partial charge is 0.486 e. The van der Waals surface area contributed by atoms with E-state index in [1.165, 1.54) is 19.2 Å². The van der Waals surface area contributed by atoms with Crippen LogP contribution >= 0.6 is 0 Å². The Balaban J connectivity index is 1.31. The molecule has 1 aliphatic heterocycles. The first kappa shape index (κ1) is 24.5. The van der Waals surface area contributed by atoms with Crippen molar-refractivity contribution in [1.29, 1.82) is 0 Å². The minimum absolute atomic E-state index is 0.120. The third-order valence-electron chi connectivity index (χ3n) is 4.95. The van der Waals surface area contributed by atoms with Gasteiger partial charge in [0.05, 0.1) is 17.6 Å². The molecule has 0 atom stereocenters. The molecule has 2 aromatic rings. The number of carbonyl (C=O) groups excluding carboxylic acids is 2. The molecule has 0 unspecified atom stereocenters. The molecule has 0 radical (unpaired) electrons. The summed E-state index contributed by atoms with van der Waals surface area (Å²) in [6, 6.07) is 11.1. The zero-order valence-corrected chi connectivity index (χ0v) is 19.2. The molecule has 178 valence electrons. The van der Waals surface area contributed by atoms with E-state index in [0.717, 1.165) is 5.56 Å². The standard InChI is InChI=1S/C23H27NO8S/c1-29-23(26)18-8-6-17(7-9-18)16-32-22(25)5-3-2-4-12-24-33(27,28)19-10-11-20-21(15-19)31-14-13-30-20/h6-11,15,24H,2-5,12-14,16H2,1H3. The van der Waals surface area contributed by atoms with Crippen LogP contribution in [0.1, 0.15) is 41.6 Å². The molecule has 0 fully saturated rings. The van der Waals surface area contributed by atoms with E-state index in [2.05, 4.69) is 9.46 Å². The van der Waals surface area contributed by atoms with Gasteiger partial charge >= 0.3 is 11.9 Å². The highest BCUT2D eigenvalue weighted by Crippen LogP contribution is 2.32. The lowest BCUT2D eigenvalue weighted by Crippen LogP contribution is -2.25. The van der Waals surface area contributed by atoms with E-state index in [1.807, 2.05) is 0 Å². The van der Waals surface area contributed by atoms with Crippen molar-refractivity contribution >= 4 is 22.0 Å². The van der Waals surface area contributed by atoms with Crippen molar-refractivity contribution in [3.05, 3.63) is 53.6 Å². The van der Waals surface area contributed by atoms with Crippen LogP contribution in [0.4, 0.5) is 0 Å². The molecule has 0 spiro atoms. The number of carbonyl (C=O) groups is 2. The van der Waals surface area contributed by atoms with Crippen LogP contribution in [0.3, 0.4) is 0 Å². The van der Waals surface area contributed by atoms with Crippen LogP contribution in [0.5, 0.6) is 11.5 Å². The number of hydrogen-bond donors (Lipinski definition) is 1. The van der Waals surface area contributed by atoms with Gasteiger partial charge in [-0.05, 0) is 42.7 Å². The maximum atomic E-state index is 12.4. The number of unbranched alkanes of at least 4 members (excludes halogenated alkanes) is 2. The number of esters is 2. The van der Waals surface area contributed by atoms with Crippen molar-refractivity contribution in [2.45, 2.75) is 37.2 Å². The third-order valence-corrected chi connectivity index (χ3v) is 6.41. The summed E-state index contributed by atoms with van der Waals surface area (Å²) >= 11 is 0. The van der Waals surface area contributed by atoms with Gasteiger partial charge in [-0.15, -0.1) is 0 Å². The molecule has 10 heteroatoms. The molecule has 0 saturated carbocycles. The molecule has 0 saturated heterocycles. The van der Waals surface area contributed by atoms with Gasteiger partial charge in [0.2, 0.25) is 10.0 Å². The van der Waals surface area contributed by atoms with E-state index in [-0.39, 0.29) is 30.4 Å². The maximum Gasteiger partial charge on any atom is 0.337 e. The van der Waals surface area contributed by atoms with Crippen molar-refractivity contribution in [2.75, 3.05) is 26.9 Å². The van der Waals surface area contributed by atoms with Crippen LogP contribution < -0.4 is 14.2 Å². The Bertz CT molecular complexity index is 1070. The zero-order valence-electron chi connectivity index (χ0n) is 18.4. The zero-order chi connectivity index (χ0) is 23.7. The van der Waals surface area contributed by atoms with E-state index in [1.54, 1.807) is 30.3 Å². The molecule has 0 amide bonds. The number of methoxy groups -OCH3 is 1. The number of fused-ring (bicyclic) bond motifs is 1. The first-order chi connectivity index (χ1) is 15.9. The minimum Gasteiger partial charge on any atom is -0.486 e. The summed E-state index contributed by atoms with van der Waals surface area (Å²) in [5.41, 5.74) is 1.20. The van der Waals surface area contributed by atoms with Gasteiger partial charge in [0.25, 0.3) is 0 Å². The lowest BCUT2D eigenvalue weighted by molar-refractivity contribution is -0.145. The second-order valence-corrected chi connectivity index (χ2v) is 9.13. The summed E-state index contributed by atoms with van der Waals surface area (Å²) in [7, 11) is -2.34. The molecule has 1 heterocycles.